The summed E-state index contributed by atoms with van der Waals surface area (Å²) in [5.74, 6) is 0. The Morgan fingerprint density at radius 2 is 1.28 bits per heavy atom. The zero-order valence-corrected chi connectivity index (χ0v) is 23.6. The first kappa shape index (κ1) is 24.0. The van der Waals surface area contributed by atoms with E-state index in [0.29, 0.717) is 0 Å². The van der Waals surface area contributed by atoms with Gasteiger partial charge in [0, 0.05) is 40.0 Å². The molecule has 1 unspecified atom stereocenters. The van der Waals surface area contributed by atoms with E-state index in [9.17, 15) is 0 Å². The van der Waals surface area contributed by atoms with Gasteiger partial charge in [0.25, 0.3) is 0 Å². The van der Waals surface area contributed by atoms with Crippen molar-refractivity contribution in [3.63, 3.8) is 0 Å². The average Bonchev–Trinajstić information content (AvgIpc) is 3.61. The second-order valence-electron chi connectivity index (χ2n) is 11.2. The minimum absolute atomic E-state index is 0.297. The molecule has 0 spiro atoms. The van der Waals surface area contributed by atoms with E-state index in [4.69, 9.17) is 9.41 Å². The van der Waals surface area contributed by atoms with Gasteiger partial charge < -0.3 is 13.9 Å². The fraction of sp³-hybridized carbons (Fsp3) is 0.0513. The van der Waals surface area contributed by atoms with E-state index >= 15 is 0 Å². The molecule has 3 heterocycles. The molecule has 0 radical (unpaired) electrons. The lowest BCUT2D eigenvalue weighted by Crippen LogP contribution is -2.33. The van der Waals surface area contributed by atoms with E-state index in [-0.39, 0.29) is 6.29 Å². The monoisotopic (exact) mass is 553 g/mol. The molecule has 43 heavy (non-hydrogen) atoms. The van der Waals surface area contributed by atoms with Crippen molar-refractivity contribution in [2.45, 2.75) is 6.29 Å². The second kappa shape index (κ2) is 9.20. The Bertz CT molecular complexity index is 2360. The van der Waals surface area contributed by atoms with Crippen molar-refractivity contribution in [2.24, 2.45) is 4.99 Å². The van der Waals surface area contributed by atoms with Crippen LogP contribution in [-0.4, -0.2) is 17.3 Å². The van der Waals surface area contributed by atoms with Gasteiger partial charge >= 0.3 is 0 Å². The van der Waals surface area contributed by atoms with Crippen molar-refractivity contribution in [2.75, 3.05) is 11.9 Å². The van der Waals surface area contributed by atoms with Crippen LogP contribution in [0.5, 0.6) is 0 Å². The zero-order chi connectivity index (χ0) is 28.5. The highest BCUT2D eigenvalue weighted by Crippen LogP contribution is 2.43. The predicted octanol–water partition coefficient (Wildman–Crippen LogP) is 9.80. The quantitative estimate of drug-likeness (QED) is 0.218. The molecule has 8 aromatic rings. The first-order valence-electron chi connectivity index (χ1n) is 14.6. The number of furan rings is 1. The Labute approximate surface area is 248 Å². The van der Waals surface area contributed by atoms with Gasteiger partial charge in [-0.2, -0.15) is 0 Å². The number of hydrogen-bond donors (Lipinski definition) is 0. The van der Waals surface area contributed by atoms with E-state index < -0.39 is 0 Å². The first-order chi connectivity index (χ1) is 21.3. The molecule has 0 fully saturated rings. The molecular formula is C39H27N3O. The number of nitrogens with zero attached hydrogens (tertiary/aromatic N) is 3. The first-order valence-corrected chi connectivity index (χ1v) is 14.6. The van der Waals surface area contributed by atoms with Crippen molar-refractivity contribution >= 4 is 55.1 Å². The third kappa shape index (κ3) is 3.53. The van der Waals surface area contributed by atoms with Gasteiger partial charge in [-0.3, -0.25) is 0 Å². The Kier molecular flexibility index (Phi) is 5.14. The molecule has 1 aliphatic heterocycles. The topological polar surface area (TPSA) is 33.7 Å². The lowest BCUT2D eigenvalue weighted by Gasteiger charge is -2.36. The van der Waals surface area contributed by atoms with Crippen LogP contribution in [0.15, 0.2) is 149 Å². The van der Waals surface area contributed by atoms with Gasteiger partial charge in [-0.15, -0.1) is 0 Å². The summed E-state index contributed by atoms with van der Waals surface area (Å²) in [6.45, 7) is 0. The number of anilines is 1. The van der Waals surface area contributed by atoms with Gasteiger partial charge in [0.05, 0.1) is 22.1 Å². The Morgan fingerprint density at radius 3 is 2.09 bits per heavy atom. The van der Waals surface area contributed by atoms with E-state index in [2.05, 4.69) is 144 Å². The summed E-state index contributed by atoms with van der Waals surface area (Å²) in [6.07, 6.45) is -0.297. The Balaban J connectivity index is 1.33. The van der Waals surface area contributed by atoms with Crippen LogP contribution >= 0.6 is 0 Å². The molecule has 2 aromatic heterocycles. The standard InChI is InChI=1S/C39H27N3O/c1-41-32-22-20-27(25-12-4-2-5-13-25)24-31(32)37(26-14-6-3-7-15-26)40-39(41)42-33-18-10-8-17-30(33)36-34(42)23-21-29-28-16-9-11-19-35(28)43-38(29)36/h2-24,39H,1H3. The Morgan fingerprint density at radius 1 is 0.581 bits per heavy atom. The molecule has 0 bridgehead atoms. The SMILES string of the molecule is CN1c2ccc(-c3ccccc3)cc2C(c2ccccc2)=NC1n1c2ccccc2c2c3oc4ccccc4c3ccc21. The molecule has 0 saturated carbocycles. The molecule has 204 valence electrons. The van der Waals surface area contributed by atoms with E-state index in [1.54, 1.807) is 0 Å². The molecule has 6 aromatic carbocycles. The number of para-hydroxylation sites is 2. The summed E-state index contributed by atoms with van der Waals surface area (Å²) >= 11 is 0. The van der Waals surface area contributed by atoms with Crippen LogP contribution in [0, 0.1) is 0 Å². The van der Waals surface area contributed by atoms with Crippen LogP contribution < -0.4 is 4.90 Å². The highest BCUT2D eigenvalue weighted by molar-refractivity contribution is 6.23. The molecular weight excluding hydrogens is 526 g/mol. The van der Waals surface area contributed by atoms with Gasteiger partial charge in [-0.1, -0.05) is 103 Å². The van der Waals surface area contributed by atoms with Gasteiger partial charge in [0.15, 0.2) is 0 Å². The van der Waals surface area contributed by atoms with Crippen molar-refractivity contribution in [3.8, 4) is 11.1 Å². The van der Waals surface area contributed by atoms with Crippen molar-refractivity contribution in [1.82, 2.24) is 4.57 Å². The summed E-state index contributed by atoms with van der Waals surface area (Å²) in [7, 11) is 2.15. The molecule has 9 rings (SSSR count). The minimum atomic E-state index is -0.297. The van der Waals surface area contributed by atoms with Crippen molar-refractivity contribution in [1.29, 1.82) is 0 Å². The highest BCUT2D eigenvalue weighted by atomic mass is 16.3. The number of hydrogen-bond acceptors (Lipinski definition) is 3. The molecule has 4 nitrogen and oxygen atoms in total. The van der Waals surface area contributed by atoms with E-state index in [1.807, 2.05) is 12.1 Å². The number of aromatic nitrogens is 1. The number of aliphatic imine (C=N–C) groups is 1. The van der Waals surface area contributed by atoms with Crippen LogP contribution in [0.25, 0.3) is 54.9 Å². The predicted molar refractivity (Wildman–Crippen MR) is 178 cm³/mol. The maximum absolute atomic E-state index is 6.54. The molecule has 0 amide bonds. The average molecular weight is 554 g/mol. The molecule has 0 saturated heterocycles. The largest absolute Gasteiger partial charge is 0.455 e. The number of rotatable bonds is 3. The third-order valence-corrected chi connectivity index (χ3v) is 8.83. The summed E-state index contributed by atoms with van der Waals surface area (Å²) in [6, 6.07) is 49.2. The number of benzene rings is 6. The summed E-state index contributed by atoms with van der Waals surface area (Å²) < 4.78 is 8.91. The fourth-order valence-corrected chi connectivity index (χ4v) is 6.81. The minimum Gasteiger partial charge on any atom is -0.455 e. The zero-order valence-electron chi connectivity index (χ0n) is 23.6. The van der Waals surface area contributed by atoms with Gasteiger partial charge in [0.1, 0.15) is 11.2 Å². The van der Waals surface area contributed by atoms with Gasteiger partial charge in [-0.25, -0.2) is 4.99 Å². The van der Waals surface area contributed by atoms with Crippen molar-refractivity contribution in [3.05, 3.63) is 151 Å². The maximum atomic E-state index is 6.54. The van der Waals surface area contributed by atoms with Gasteiger partial charge in [-0.05, 0) is 47.5 Å². The van der Waals surface area contributed by atoms with Crippen LogP contribution in [-0.2, 0) is 0 Å². The van der Waals surface area contributed by atoms with Crippen LogP contribution in [0.3, 0.4) is 0 Å². The molecule has 1 aliphatic rings. The smallest absolute Gasteiger partial charge is 0.203 e. The van der Waals surface area contributed by atoms with Crippen LogP contribution in [0.2, 0.25) is 0 Å². The van der Waals surface area contributed by atoms with E-state index in [1.165, 1.54) is 11.1 Å². The normalized spacial score (nSPS) is 15.0. The molecule has 1 atom stereocenters. The lowest BCUT2D eigenvalue weighted by molar-refractivity contribution is 0.540. The van der Waals surface area contributed by atoms with Crippen LogP contribution in [0.1, 0.15) is 17.4 Å². The van der Waals surface area contributed by atoms with Crippen LogP contribution in [0.4, 0.5) is 5.69 Å². The molecule has 4 heteroatoms. The second-order valence-corrected chi connectivity index (χ2v) is 11.2. The van der Waals surface area contributed by atoms with Gasteiger partial charge in [0.2, 0.25) is 6.29 Å². The summed E-state index contributed by atoms with van der Waals surface area (Å²) in [5.41, 5.74) is 10.8. The van der Waals surface area contributed by atoms with E-state index in [0.717, 1.165) is 66.3 Å². The Hall–Kier alpha value is -5.61. The fourth-order valence-electron chi connectivity index (χ4n) is 6.81. The number of fused-ring (bicyclic) bond motifs is 8. The lowest BCUT2D eigenvalue weighted by atomic mass is 9.94. The third-order valence-electron chi connectivity index (χ3n) is 8.83. The summed E-state index contributed by atoms with van der Waals surface area (Å²) in [5, 5.41) is 4.56. The maximum Gasteiger partial charge on any atom is 0.203 e. The molecule has 0 aliphatic carbocycles. The van der Waals surface area contributed by atoms with Crippen molar-refractivity contribution < 1.29 is 4.42 Å². The molecule has 0 N–H and O–H groups in total. The summed E-state index contributed by atoms with van der Waals surface area (Å²) in [4.78, 5) is 7.85. The highest BCUT2D eigenvalue weighted by Gasteiger charge is 2.30.